The van der Waals surface area contributed by atoms with E-state index in [0.717, 1.165) is 12.1 Å². The van der Waals surface area contributed by atoms with Gasteiger partial charge in [-0.25, -0.2) is 14.4 Å². The third-order valence-electron chi connectivity index (χ3n) is 5.03. The smallest absolute Gasteiger partial charge is 0.298 e. The molecule has 0 radical (unpaired) electrons. The summed E-state index contributed by atoms with van der Waals surface area (Å²) in [5.74, 6) is -5.24. The van der Waals surface area contributed by atoms with Gasteiger partial charge in [-0.3, -0.25) is 14.4 Å². The van der Waals surface area contributed by atoms with Crippen molar-refractivity contribution >= 4 is 28.4 Å². The second-order valence-electron chi connectivity index (χ2n) is 7.14. The average Bonchev–Trinajstić information content (AvgIpc) is 3.44. The fourth-order valence-electron chi connectivity index (χ4n) is 3.49. The fraction of sp³-hybridized carbons (Fsp3) is 0.421. The number of nitrogens with zero attached hydrogens (tertiary/aromatic N) is 2. The maximum atomic E-state index is 14.3. The Morgan fingerprint density at radius 1 is 1.04 bits per heavy atom. The van der Waals surface area contributed by atoms with Crippen molar-refractivity contribution in [3.05, 3.63) is 34.9 Å². The Balaban J connectivity index is 1.88. The highest BCUT2D eigenvalue weighted by Crippen LogP contribution is 2.41. The van der Waals surface area contributed by atoms with Gasteiger partial charge in [-0.05, 0) is 31.4 Å². The van der Waals surface area contributed by atoms with E-state index in [1.807, 2.05) is 0 Å². The van der Waals surface area contributed by atoms with Crippen LogP contribution in [-0.4, -0.2) is 27.3 Å². The Morgan fingerprint density at radius 3 is 2.25 bits per heavy atom. The molecule has 2 aliphatic carbocycles. The first-order valence-corrected chi connectivity index (χ1v) is 8.85. The average molecular weight is 394 g/mol. The van der Waals surface area contributed by atoms with Crippen LogP contribution in [0.5, 0.6) is 0 Å². The zero-order valence-corrected chi connectivity index (χ0v) is 14.5. The van der Waals surface area contributed by atoms with E-state index in [-0.39, 0.29) is 41.9 Å². The molecule has 0 bridgehead atoms. The van der Waals surface area contributed by atoms with E-state index < -0.39 is 46.5 Å². The van der Waals surface area contributed by atoms with Crippen LogP contribution in [0.1, 0.15) is 59.8 Å². The molecule has 2 fully saturated rings. The van der Waals surface area contributed by atoms with Crippen molar-refractivity contribution < 1.29 is 31.9 Å². The van der Waals surface area contributed by atoms with Crippen molar-refractivity contribution in [1.29, 1.82) is 0 Å². The number of ketones is 3. The van der Waals surface area contributed by atoms with E-state index in [0.29, 0.717) is 12.8 Å². The number of halogens is 4. The van der Waals surface area contributed by atoms with Crippen LogP contribution in [0, 0.1) is 11.7 Å². The summed E-state index contributed by atoms with van der Waals surface area (Å²) in [6.07, 6.45) is -3.44. The molecular formula is C19H14F4N2O3. The Morgan fingerprint density at radius 2 is 1.68 bits per heavy atom. The van der Waals surface area contributed by atoms with E-state index in [9.17, 15) is 31.9 Å². The van der Waals surface area contributed by atoms with Crippen LogP contribution in [0.2, 0.25) is 0 Å². The lowest BCUT2D eigenvalue weighted by Crippen LogP contribution is -2.36. The molecular weight excluding hydrogens is 380 g/mol. The Bertz CT molecular complexity index is 1010. The van der Waals surface area contributed by atoms with Gasteiger partial charge in [-0.2, -0.15) is 13.2 Å². The molecule has 0 atom stereocenters. The van der Waals surface area contributed by atoms with Gasteiger partial charge < -0.3 is 0 Å². The molecule has 0 spiro atoms. The van der Waals surface area contributed by atoms with Crippen molar-refractivity contribution in [2.24, 2.45) is 5.92 Å². The minimum atomic E-state index is -5.00. The first-order valence-electron chi connectivity index (χ1n) is 8.85. The lowest BCUT2D eigenvalue weighted by Gasteiger charge is -2.20. The molecule has 0 amide bonds. The van der Waals surface area contributed by atoms with Gasteiger partial charge in [0, 0.05) is 24.1 Å². The molecule has 2 heterocycles. The number of carbonyl (C=O) groups excluding carboxylic acids is 3. The summed E-state index contributed by atoms with van der Waals surface area (Å²) in [5, 5.41) is -0.0889. The molecule has 4 rings (SSSR count). The van der Waals surface area contributed by atoms with E-state index in [1.165, 1.54) is 0 Å². The summed E-state index contributed by atoms with van der Waals surface area (Å²) in [7, 11) is 0. The number of aromatic nitrogens is 2. The van der Waals surface area contributed by atoms with E-state index in [2.05, 4.69) is 9.97 Å². The van der Waals surface area contributed by atoms with E-state index in [4.69, 9.17) is 0 Å². The van der Waals surface area contributed by atoms with Crippen molar-refractivity contribution in [3.8, 4) is 0 Å². The second-order valence-corrected chi connectivity index (χ2v) is 7.14. The maximum Gasteiger partial charge on any atom is 0.434 e. The standard InChI is InChI=1S/C19H14F4N2O3/c20-11-7-9-6-10(16(28)14-12(26)2-1-3-13(14)27)17(19(21,22)23)25-18(9)24-15(11)8-4-5-8/h6-8,14H,1-5H2. The molecule has 2 aromatic heterocycles. The molecule has 0 saturated heterocycles. The highest BCUT2D eigenvalue weighted by Gasteiger charge is 2.43. The van der Waals surface area contributed by atoms with Crippen LogP contribution in [-0.2, 0) is 15.8 Å². The summed E-state index contributed by atoms with van der Waals surface area (Å²) >= 11 is 0. The Labute approximate surface area is 156 Å². The first kappa shape index (κ1) is 18.6. The van der Waals surface area contributed by atoms with Gasteiger partial charge in [0.2, 0.25) is 0 Å². The van der Waals surface area contributed by atoms with E-state index in [1.54, 1.807) is 0 Å². The molecule has 0 N–H and O–H groups in total. The summed E-state index contributed by atoms with van der Waals surface area (Å²) in [6.45, 7) is 0. The molecule has 0 aliphatic heterocycles. The highest BCUT2D eigenvalue weighted by atomic mass is 19.4. The van der Waals surface area contributed by atoms with E-state index >= 15 is 0 Å². The zero-order valence-electron chi connectivity index (χ0n) is 14.5. The number of alkyl halides is 3. The van der Waals surface area contributed by atoms with Crippen LogP contribution in [0.4, 0.5) is 17.6 Å². The van der Waals surface area contributed by atoms with Crippen molar-refractivity contribution in [2.75, 3.05) is 0 Å². The van der Waals surface area contributed by atoms with Gasteiger partial charge in [0.05, 0.1) is 11.3 Å². The Hall–Kier alpha value is -2.71. The van der Waals surface area contributed by atoms with Crippen LogP contribution in [0.15, 0.2) is 12.1 Å². The number of pyridine rings is 2. The topological polar surface area (TPSA) is 77.0 Å². The first-order chi connectivity index (χ1) is 13.2. The molecule has 2 saturated carbocycles. The number of hydrogen-bond donors (Lipinski definition) is 0. The SMILES string of the molecule is O=C1CCCC(=O)C1C(=O)c1cc2cc(F)c(C3CC3)nc2nc1C(F)(F)F. The number of carbonyl (C=O) groups is 3. The van der Waals surface area contributed by atoms with Gasteiger partial charge in [0.1, 0.15) is 11.7 Å². The van der Waals surface area contributed by atoms with Crippen LogP contribution >= 0.6 is 0 Å². The zero-order chi connectivity index (χ0) is 20.2. The predicted octanol–water partition coefficient (Wildman–Crippen LogP) is 3.79. The normalized spacial score (nSPS) is 18.7. The lowest BCUT2D eigenvalue weighted by atomic mass is 9.81. The third-order valence-corrected chi connectivity index (χ3v) is 5.03. The molecule has 2 aromatic rings. The van der Waals surface area contributed by atoms with Crippen LogP contribution in [0.3, 0.4) is 0 Å². The fourth-order valence-corrected chi connectivity index (χ4v) is 3.49. The van der Waals surface area contributed by atoms with Crippen LogP contribution < -0.4 is 0 Å². The number of hydrogen-bond acceptors (Lipinski definition) is 5. The third kappa shape index (κ3) is 3.18. The molecule has 28 heavy (non-hydrogen) atoms. The second kappa shape index (κ2) is 6.42. The lowest BCUT2D eigenvalue weighted by molar-refractivity contribution is -0.142. The number of Topliss-reactive ketones (excluding diaryl/α,β-unsaturated/α-hetero) is 3. The number of fused-ring (bicyclic) bond motifs is 1. The highest BCUT2D eigenvalue weighted by molar-refractivity contribution is 6.25. The largest absolute Gasteiger partial charge is 0.434 e. The predicted molar refractivity (Wildman–Crippen MR) is 88.2 cm³/mol. The molecule has 2 aliphatic rings. The minimum absolute atomic E-state index is 0.0502. The molecule has 146 valence electrons. The molecule has 0 aromatic carbocycles. The van der Waals surface area contributed by atoms with Gasteiger partial charge in [0.15, 0.2) is 28.7 Å². The Kier molecular flexibility index (Phi) is 4.28. The summed E-state index contributed by atoms with van der Waals surface area (Å²) in [4.78, 5) is 44.1. The monoisotopic (exact) mass is 394 g/mol. The van der Waals surface area contributed by atoms with Crippen molar-refractivity contribution in [1.82, 2.24) is 9.97 Å². The summed E-state index contributed by atoms with van der Waals surface area (Å²) in [6, 6.07) is 1.82. The minimum Gasteiger partial charge on any atom is -0.298 e. The molecule has 5 nitrogen and oxygen atoms in total. The van der Waals surface area contributed by atoms with Gasteiger partial charge >= 0.3 is 6.18 Å². The van der Waals surface area contributed by atoms with Crippen molar-refractivity contribution in [2.45, 2.75) is 44.2 Å². The van der Waals surface area contributed by atoms with Crippen LogP contribution in [0.25, 0.3) is 11.0 Å². The quantitative estimate of drug-likeness (QED) is 0.450. The molecule has 0 unspecified atom stereocenters. The maximum absolute atomic E-state index is 14.3. The summed E-state index contributed by atoms with van der Waals surface area (Å²) in [5.41, 5.74) is -2.69. The van der Waals surface area contributed by atoms with Gasteiger partial charge in [-0.1, -0.05) is 0 Å². The molecule has 9 heteroatoms. The van der Waals surface area contributed by atoms with Crippen molar-refractivity contribution in [3.63, 3.8) is 0 Å². The van der Waals surface area contributed by atoms with Gasteiger partial charge in [-0.15, -0.1) is 0 Å². The van der Waals surface area contributed by atoms with Gasteiger partial charge in [0.25, 0.3) is 0 Å². The number of rotatable bonds is 3. The summed E-state index contributed by atoms with van der Waals surface area (Å²) < 4.78 is 54.9.